The smallest absolute Gasteiger partial charge is 0.407 e. The monoisotopic (exact) mass is 1260 g/mol. The summed E-state index contributed by atoms with van der Waals surface area (Å²) in [5, 5.41) is 5.30. The quantitative estimate of drug-likeness (QED) is 0.0177. The summed E-state index contributed by atoms with van der Waals surface area (Å²) in [5.41, 5.74) is -2.83. The Balaban J connectivity index is 0.0000137. The minimum absolute atomic E-state index is 0.000481. The summed E-state index contributed by atoms with van der Waals surface area (Å²) in [6.45, 7) is 42.3. The predicted octanol–water partition coefficient (Wildman–Crippen LogP) is 13.8. The van der Waals surface area contributed by atoms with Crippen LogP contribution >= 0.6 is 0 Å². The molecule has 19 heteroatoms. The van der Waals surface area contributed by atoms with Crippen molar-refractivity contribution in [1.82, 2.24) is 15.5 Å². The maximum absolute atomic E-state index is 12.8. The fraction of sp³-hybridized carbons (Fsp3) is 0.634. The highest BCUT2D eigenvalue weighted by molar-refractivity contribution is 5.87. The Kier molecular flexibility index (Phi) is 36.5. The number of benzene rings is 3. The van der Waals surface area contributed by atoms with Gasteiger partial charge in [0.2, 0.25) is 0 Å². The molecule has 0 saturated carbocycles. The van der Waals surface area contributed by atoms with E-state index in [9.17, 15) is 19.2 Å². The van der Waals surface area contributed by atoms with Crippen molar-refractivity contribution >= 4 is 24.1 Å². The van der Waals surface area contributed by atoms with E-state index in [1.807, 2.05) is 147 Å². The van der Waals surface area contributed by atoms with Crippen LogP contribution in [0.5, 0.6) is 23.0 Å². The van der Waals surface area contributed by atoms with Crippen molar-refractivity contribution in [3.05, 3.63) is 109 Å². The molecule has 90 heavy (non-hydrogen) atoms. The second-order valence-corrected chi connectivity index (χ2v) is 25.2. The molecule has 0 fully saturated rings. The van der Waals surface area contributed by atoms with E-state index in [0.717, 1.165) is 43.6 Å². The van der Waals surface area contributed by atoms with Gasteiger partial charge in [-0.15, -0.1) is 0 Å². The van der Waals surface area contributed by atoms with Gasteiger partial charge in [0.15, 0.2) is 0 Å². The van der Waals surface area contributed by atoms with Crippen LogP contribution < -0.4 is 29.6 Å². The van der Waals surface area contributed by atoms with E-state index in [1.54, 1.807) is 13.8 Å². The molecule has 4 atom stereocenters. The molecule has 3 aromatic rings. The zero-order valence-electron chi connectivity index (χ0n) is 57.7. The molecule has 19 nitrogen and oxygen atoms in total. The largest absolute Gasteiger partial charge is 0.493 e. The number of esters is 2. The van der Waals surface area contributed by atoms with Gasteiger partial charge in [0.25, 0.3) is 0 Å². The molecule has 0 bridgehead atoms. The number of alkyl carbamates (subject to hydrolysis) is 2. The SMILES string of the molecule is C=C(C)C(=O)OCCNC(=O)OC(C)(C)C(COc1ccccc1)COC(C)C(C)CCCCOC(C)(C)CCOc1ccc(OCCC(C)(C)OCCCN(C)C(C)(C)OCC(COc2ccccc2)C(C)(C)OC(=O)NCCOC(=O)C(=C)C)cc1.CC. The van der Waals surface area contributed by atoms with Gasteiger partial charge in [-0.05, 0) is 171 Å². The van der Waals surface area contributed by atoms with Crippen molar-refractivity contribution < 1.29 is 76.0 Å². The van der Waals surface area contributed by atoms with E-state index >= 15 is 0 Å². The minimum Gasteiger partial charge on any atom is -0.493 e. The van der Waals surface area contributed by atoms with E-state index in [4.69, 9.17) is 56.8 Å². The molecule has 0 radical (unpaired) electrons. The second-order valence-electron chi connectivity index (χ2n) is 25.2. The highest BCUT2D eigenvalue weighted by atomic mass is 16.6. The molecule has 0 saturated heterocycles. The van der Waals surface area contributed by atoms with E-state index in [0.29, 0.717) is 57.5 Å². The van der Waals surface area contributed by atoms with Gasteiger partial charge in [0.1, 0.15) is 53.1 Å². The van der Waals surface area contributed by atoms with Crippen LogP contribution in [0.1, 0.15) is 149 Å². The molecule has 508 valence electrons. The zero-order chi connectivity index (χ0) is 67.4. The van der Waals surface area contributed by atoms with Crippen molar-refractivity contribution in [2.75, 3.05) is 92.8 Å². The number of rotatable bonds is 45. The first-order valence-electron chi connectivity index (χ1n) is 32.0. The average molecular weight is 1260 g/mol. The van der Waals surface area contributed by atoms with Crippen LogP contribution in [0.3, 0.4) is 0 Å². The summed E-state index contributed by atoms with van der Waals surface area (Å²) in [6, 6.07) is 26.6. The lowest BCUT2D eigenvalue weighted by molar-refractivity contribution is -0.155. The zero-order valence-corrected chi connectivity index (χ0v) is 57.7. The van der Waals surface area contributed by atoms with Crippen molar-refractivity contribution in [2.45, 2.75) is 184 Å². The van der Waals surface area contributed by atoms with Crippen LogP contribution in [-0.2, 0) is 47.5 Å². The molecule has 4 unspecified atom stereocenters. The molecule has 3 rings (SSSR count). The number of ether oxygens (including phenoxy) is 12. The topological polar surface area (TPSA) is 206 Å². The van der Waals surface area contributed by atoms with Gasteiger partial charge >= 0.3 is 24.1 Å². The van der Waals surface area contributed by atoms with Gasteiger partial charge in [0, 0.05) is 43.7 Å². The van der Waals surface area contributed by atoms with Gasteiger partial charge in [0.05, 0.1) is 81.9 Å². The molecular weight excluding hydrogens is 1150 g/mol. The molecule has 0 heterocycles. The van der Waals surface area contributed by atoms with Crippen LogP contribution in [0.2, 0.25) is 0 Å². The lowest BCUT2D eigenvalue weighted by atomic mass is 9.91. The summed E-state index contributed by atoms with van der Waals surface area (Å²) in [4.78, 5) is 51.2. The Morgan fingerprint density at radius 2 is 0.900 bits per heavy atom. The van der Waals surface area contributed by atoms with Crippen LogP contribution in [0.4, 0.5) is 9.59 Å². The number of nitrogens with zero attached hydrogens (tertiary/aromatic N) is 1. The number of hydrogen-bond donors (Lipinski definition) is 2. The number of carbonyl (C=O) groups excluding carboxylic acids is 4. The molecule has 2 N–H and O–H groups in total. The van der Waals surface area contributed by atoms with E-state index in [2.05, 4.69) is 70.2 Å². The maximum Gasteiger partial charge on any atom is 0.407 e. The molecule has 0 spiro atoms. The molecule has 3 aromatic carbocycles. The molecule has 0 aliphatic heterocycles. The number of nitrogens with one attached hydrogen (secondary N) is 2. The lowest BCUT2D eigenvalue weighted by Crippen LogP contribution is -2.49. The van der Waals surface area contributed by atoms with E-state index < -0.39 is 46.7 Å². The lowest BCUT2D eigenvalue weighted by Gasteiger charge is -2.39. The maximum atomic E-state index is 12.8. The minimum atomic E-state index is -0.994. The first kappa shape index (κ1) is 79.7. The summed E-state index contributed by atoms with van der Waals surface area (Å²) in [6.07, 6.45) is 3.69. The Labute approximate surface area is 539 Å². The van der Waals surface area contributed by atoms with E-state index in [1.165, 1.54) is 0 Å². The van der Waals surface area contributed by atoms with Crippen molar-refractivity contribution in [3.63, 3.8) is 0 Å². The predicted molar refractivity (Wildman–Crippen MR) is 353 cm³/mol. The highest BCUT2D eigenvalue weighted by Gasteiger charge is 2.38. The summed E-state index contributed by atoms with van der Waals surface area (Å²) >= 11 is 0. The Hall–Kier alpha value is -6.38. The third kappa shape index (κ3) is 33.6. The average Bonchev–Trinajstić information content (AvgIpc) is 2.07. The number of para-hydroxylation sites is 2. The van der Waals surface area contributed by atoms with Crippen molar-refractivity contribution in [2.24, 2.45) is 17.8 Å². The van der Waals surface area contributed by atoms with Crippen molar-refractivity contribution in [1.29, 1.82) is 0 Å². The number of carbonyl (C=O) groups is 4. The Bertz CT molecular complexity index is 2520. The van der Waals surface area contributed by atoms with Gasteiger partial charge in [-0.1, -0.05) is 76.7 Å². The summed E-state index contributed by atoms with van der Waals surface area (Å²) < 4.78 is 72.0. The first-order chi connectivity index (χ1) is 42.4. The standard InChI is InChI=1S/C69H107N3O16.C2H6/c1-51(2)61(73)79-45-38-70-63(75)87-67(11,12)55(48-82-57-28-20-18-21-29-57)47-81-54(6)53(5)27-24-25-41-84-65(7,8)36-43-77-59-32-34-60(35-33-59)78-44-37-66(9,10)85-42-26-40-72(17)69(15,16)86-50-56(49-83-58-30-22-19-23-31-58)68(13,14)88-64(76)71-39-46-80-62(74)52(3)4;1-2/h18-23,28-35,53-56H,1,3,24-27,36-50H2,2,4-17H3,(H,70,75)(H,71,76);1-2H3. The van der Waals surface area contributed by atoms with Gasteiger partial charge in [-0.25, -0.2) is 19.2 Å². The molecule has 2 amide bonds. The molecule has 0 aliphatic rings. The highest BCUT2D eigenvalue weighted by Crippen LogP contribution is 2.29. The molecule has 0 aliphatic carbocycles. The number of unbranched alkanes of at least 4 members (excludes halogenated alkanes) is 1. The van der Waals surface area contributed by atoms with Gasteiger partial charge < -0.3 is 67.5 Å². The van der Waals surface area contributed by atoms with Gasteiger partial charge in [-0.2, -0.15) is 0 Å². The second kappa shape index (κ2) is 41.2. The van der Waals surface area contributed by atoms with Crippen molar-refractivity contribution in [3.8, 4) is 23.0 Å². The van der Waals surface area contributed by atoms with Crippen LogP contribution in [0, 0.1) is 17.8 Å². The molecular formula is C71H113N3O16. The number of amides is 2. The van der Waals surface area contributed by atoms with Gasteiger partial charge in [-0.3, -0.25) is 4.90 Å². The van der Waals surface area contributed by atoms with Crippen LogP contribution in [-0.4, -0.2) is 156 Å². The molecule has 0 aromatic heterocycles. The number of hydrogen-bond acceptors (Lipinski definition) is 17. The van der Waals surface area contributed by atoms with Crippen LogP contribution in [0.15, 0.2) is 109 Å². The third-order valence-corrected chi connectivity index (χ3v) is 15.3. The summed E-state index contributed by atoms with van der Waals surface area (Å²) in [5.74, 6) is 1.49. The Morgan fingerprint density at radius 3 is 1.32 bits per heavy atom. The summed E-state index contributed by atoms with van der Waals surface area (Å²) in [7, 11) is 2.01. The third-order valence-electron chi connectivity index (χ3n) is 15.3. The van der Waals surface area contributed by atoms with Crippen LogP contribution in [0.25, 0.3) is 0 Å². The fourth-order valence-corrected chi connectivity index (χ4v) is 8.41. The normalized spacial score (nSPS) is 13.3. The first-order valence-corrected chi connectivity index (χ1v) is 32.0. The fourth-order valence-electron chi connectivity index (χ4n) is 8.41. The van der Waals surface area contributed by atoms with E-state index in [-0.39, 0.29) is 86.7 Å². The Morgan fingerprint density at radius 1 is 0.500 bits per heavy atom.